The van der Waals surface area contributed by atoms with Crippen molar-refractivity contribution in [3.63, 3.8) is 0 Å². The molecule has 226 valence electrons. The topological polar surface area (TPSA) is 57.1 Å². The summed E-state index contributed by atoms with van der Waals surface area (Å²) in [5.41, 5.74) is 5.34. The lowest BCUT2D eigenvalue weighted by molar-refractivity contribution is 0.0104. The largest absolute Gasteiger partial charge is 0.461 e. The smallest absolute Gasteiger partial charge is 0.409 e. The van der Waals surface area contributed by atoms with Crippen molar-refractivity contribution in [3.8, 4) is 34.2 Å². The molecule has 1 saturated heterocycles. The number of nitrogens with zero attached hydrogens (tertiary/aromatic N) is 3. The average molecular weight is 594 g/mol. The van der Waals surface area contributed by atoms with E-state index in [9.17, 15) is 0 Å². The summed E-state index contributed by atoms with van der Waals surface area (Å²) >= 11 is 0. The van der Waals surface area contributed by atoms with Crippen LogP contribution in [-0.4, -0.2) is 35.3 Å². The fourth-order valence-electron chi connectivity index (χ4n) is 7.39. The van der Waals surface area contributed by atoms with Gasteiger partial charge in [0.2, 0.25) is 0 Å². The van der Waals surface area contributed by atoms with Crippen LogP contribution in [-0.2, 0) is 14.7 Å². The first-order chi connectivity index (χ1) is 21.8. The third kappa shape index (κ3) is 5.40. The molecule has 0 amide bonds. The molecule has 1 aliphatic heterocycles. The van der Waals surface area contributed by atoms with Crippen molar-refractivity contribution in [2.75, 3.05) is 13.2 Å². The summed E-state index contributed by atoms with van der Waals surface area (Å²) in [6.07, 6.45) is 1.97. The lowest BCUT2D eigenvalue weighted by atomic mass is 9.39. The Bertz CT molecular complexity index is 1700. The molecule has 1 aromatic heterocycles. The second-order valence-corrected chi connectivity index (χ2v) is 13.8. The van der Waals surface area contributed by atoms with Gasteiger partial charge in [0.15, 0.2) is 17.5 Å². The van der Waals surface area contributed by atoms with Crippen molar-refractivity contribution in [2.45, 2.75) is 51.8 Å². The molecule has 2 unspecified atom stereocenters. The average Bonchev–Trinajstić information content (AvgIpc) is 3.62. The van der Waals surface area contributed by atoms with Crippen LogP contribution in [0, 0.1) is 10.8 Å². The Hall–Kier alpha value is -4.13. The van der Waals surface area contributed by atoms with Crippen molar-refractivity contribution in [3.05, 3.63) is 126 Å². The number of aromatic nitrogens is 3. The van der Waals surface area contributed by atoms with Crippen molar-refractivity contribution >= 4 is 7.12 Å². The Morgan fingerprint density at radius 1 is 0.533 bits per heavy atom. The Labute approximate surface area is 267 Å². The highest BCUT2D eigenvalue weighted by Crippen LogP contribution is 2.64. The van der Waals surface area contributed by atoms with Gasteiger partial charge in [-0.3, -0.25) is 0 Å². The predicted octanol–water partition coefficient (Wildman–Crippen LogP) is 8.91. The number of rotatable bonds is 6. The van der Waals surface area contributed by atoms with E-state index in [1.54, 1.807) is 0 Å². The van der Waals surface area contributed by atoms with Gasteiger partial charge >= 0.3 is 7.12 Å². The molecule has 4 aromatic carbocycles. The van der Waals surface area contributed by atoms with Gasteiger partial charge in [0.1, 0.15) is 0 Å². The van der Waals surface area contributed by atoms with Gasteiger partial charge in [0.25, 0.3) is 0 Å². The van der Waals surface area contributed by atoms with Crippen LogP contribution in [0.15, 0.2) is 115 Å². The lowest BCUT2D eigenvalue weighted by Crippen LogP contribution is -2.54. The molecule has 2 atom stereocenters. The van der Waals surface area contributed by atoms with Crippen LogP contribution in [0.1, 0.15) is 51.7 Å². The minimum Gasteiger partial charge on any atom is -0.409 e. The first-order valence-corrected chi connectivity index (χ1v) is 16.0. The Kier molecular flexibility index (Phi) is 7.67. The van der Waals surface area contributed by atoms with E-state index in [2.05, 4.69) is 82.3 Å². The van der Waals surface area contributed by atoms with Crippen LogP contribution < -0.4 is 0 Å². The number of hydrogen-bond donors (Lipinski definition) is 0. The quantitative estimate of drug-likeness (QED) is 0.184. The summed E-state index contributed by atoms with van der Waals surface area (Å²) in [6.45, 7) is 10.9. The normalized spacial score (nSPS) is 22.3. The van der Waals surface area contributed by atoms with Crippen LogP contribution >= 0.6 is 0 Å². The van der Waals surface area contributed by atoms with E-state index in [1.807, 2.05) is 60.7 Å². The standard InChI is InChI=1S/C39H40BN3O2/c1-37(2)26-33(40-44-24-25-45-40)39(27-38(37,3)4,31-18-12-7-13-19-31)32-22-20-30(21-23-32)36-42-34(28-14-8-5-9-15-28)41-35(43-36)29-16-10-6-11-17-29/h5-23,33H,24-27H2,1-4H3. The highest BCUT2D eigenvalue weighted by molar-refractivity contribution is 6.47. The van der Waals surface area contributed by atoms with E-state index in [4.69, 9.17) is 24.3 Å². The molecular weight excluding hydrogens is 553 g/mol. The zero-order chi connectivity index (χ0) is 31.1. The number of hydrogen-bond acceptors (Lipinski definition) is 5. The maximum absolute atomic E-state index is 6.31. The first-order valence-electron chi connectivity index (χ1n) is 16.0. The van der Waals surface area contributed by atoms with Crippen molar-refractivity contribution in [1.29, 1.82) is 0 Å². The molecule has 5 nitrogen and oxygen atoms in total. The zero-order valence-corrected chi connectivity index (χ0v) is 26.6. The summed E-state index contributed by atoms with van der Waals surface area (Å²) in [5, 5.41) is 0. The van der Waals surface area contributed by atoms with Gasteiger partial charge in [-0.2, -0.15) is 0 Å². The minimum atomic E-state index is -0.294. The molecule has 1 saturated carbocycles. The van der Waals surface area contributed by atoms with Crippen LogP contribution in [0.25, 0.3) is 34.2 Å². The highest BCUT2D eigenvalue weighted by Gasteiger charge is 2.60. The van der Waals surface area contributed by atoms with E-state index in [0.29, 0.717) is 30.7 Å². The van der Waals surface area contributed by atoms with E-state index in [-0.39, 0.29) is 29.2 Å². The Balaban J connectivity index is 1.37. The molecular formula is C39H40BN3O2. The van der Waals surface area contributed by atoms with Crippen molar-refractivity contribution < 1.29 is 9.31 Å². The van der Waals surface area contributed by atoms with Gasteiger partial charge in [-0.15, -0.1) is 0 Å². The summed E-state index contributed by atoms with van der Waals surface area (Å²) in [6, 6.07) is 40.2. The SMILES string of the molecule is CC1(C)CC(B2OCCO2)C(c2ccccc2)(c2ccc(-c3nc(-c4ccccc4)nc(-c4ccccc4)n3)cc2)CC1(C)C. The summed E-state index contributed by atoms with van der Waals surface area (Å²) in [4.78, 5) is 14.8. The lowest BCUT2D eigenvalue weighted by Gasteiger charge is -2.58. The monoisotopic (exact) mass is 593 g/mol. The van der Waals surface area contributed by atoms with Crippen LogP contribution in [0.4, 0.5) is 0 Å². The van der Waals surface area contributed by atoms with Crippen LogP contribution in [0.3, 0.4) is 0 Å². The minimum absolute atomic E-state index is 0.0694. The van der Waals surface area contributed by atoms with Gasteiger partial charge in [-0.25, -0.2) is 15.0 Å². The zero-order valence-electron chi connectivity index (χ0n) is 26.6. The van der Waals surface area contributed by atoms with Gasteiger partial charge in [0.05, 0.1) is 13.2 Å². The molecule has 0 bridgehead atoms. The fourth-order valence-corrected chi connectivity index (χ4v) is 7.39. The Morgan fingerprint density at radius 2 is 0.956 bits per heavy atom. The summed E-state index contributed by atoms with van der Waals surface area (Å²) in [7, 11) is -0.245. The van der Waals surface area contributed by atoms with Crippen LogP contribution in [0.2, 0.25) is 5.82 Å². The molecule has 5 aromatic rings. The first kappa shape index (κ1) is 29.6. The van der Waals surface area contributed by atoms with Gasteiger partial charge < -0.3 is 9.31 Å². The highest BCUT2D eigenvalue weighted by atomic mass is 16.6. The molecule has 2 heterocycles. The van der Waals surface area contributed by atoms with E-state index >= 15 is 0 Å². The van der Waals surface area contributed by atoms with E-state index in [1.165, 1.54) is 11.1 Å². The predicted molar refractivity (Wildman–Crippen MR) is 182 cm³/mol. The second kappa shape index (κ2) is 11.7. The van der Waals surface area contributed by atoms with Crippen LogP contribution in [0.5, 0.6) is 0 Å². The van der Waals surface area contributed by atoms with E-state index in [0.717, 1.165) is 29.5 Å². The number of benzene rings is 4. The molecule has 7 rings (SSSR count). The molecule has 2 aliphatic rings. The molecule has 0 N–H and O–H groups in total. The second-order valence-electron chi connectivity index (χ2n) is 13.8. The maximum atomic E-state index is 6.31. The van der Waals surface area contributed by atoms with Gasteiger partial charge in [0, 0.05) is 27.9 Å². The Morgan fingerprint density at radius 3 is 1.44 bits per heavy atom. The molecule has 2 fully saturated rings. The fraction of sp³-hybridized carbons (Fsp3) is 0.308. The molecule has 0 spiro atoms. The third-order valence-corrected chi connectivity index (χ3v) is 10.5. The van der Waals surface area contributed by atoms with Gasteiger partial charge in [-0.1, -0.05) is 143 Å². The van der Waals surface area contributed by atoms with Gasteiger partial charge in [-0.05, 0) is 34.8 Å². The maximum Gasteiger partial charge on any atom is 0.461 e. The van der Waals surface area contributed by atoms with Crippen molar-refractivity contribution in [1.82, 2.24) is 15.0 Å². The van der Waals surface area contributed by atoms with E-state index < -0.39 is 0 Å². The molecule has 1 aliphatic carbocycles. The molecule has 45 heavy (non-hydrogen) atoms. The molecule has 0 radical (unpaired) electrons. The summed E-state index contributed by atoms with van der Waals surface area (Å²) in [5.74, 6) is 2.14. The van der Waals surface area contributed by atoms with Crippen molar-refractivity contribution in [2.24, 2.45) is 10.8 Å². The molecule has 6 heteroatoms. The summed E-state index contributed by atoms with van der Waals surface area (Å²) < 4.78 is 12.6. The third-order valence-electron chi connectivity index (χ3n) is 10.5.